The molecule has 0 radical (unpaired) electrons. The molecule has 0 fully saturated rings. The van der Waals surface area contributed by atoms with Gasteiger partial charge in [-0.05, 0) is 19.1 Å². The summed E-state index contributed by atoms with van der Waals surface area (Å²) < 4.78 is 63.1. The van der Waals surface area contributed by atoms with E-state index in [9.17, 15) is 13.5 Å². The Kier molecular flexibility index (Phi) is 2.49. The third kappa shape index (κ3) is 3.57. The number of rotatable bonds is 5. The van der Waals surface area contributed by atoms with Crippen molar-refractivity contribution in [3.63, 3.8) is 0 Å². The maximum absolute atomic E-state index is 11.9. The van der Waals surface area contributed by atoms with Crippen molar-refractivity contribution in [3.8, 4) is 0 Å². The number of hydrogen-bond donors (Lipinski definition) is 2. The second-order valence-electron chi connectivity index (χ2n) is 2.91. The maximum Gasteiger partial charge on any atom is 0.297 e. The fourth-order valence-electron chi connectivity index (χ4n) is 0.870. The lowest BCUT2D eigenvalue weighted by atomic mass is 10.2. The fourth-order valence-corrected chi connectivity index (χ4v) is 1.62. The van der Waals surface area contributed by atoms with Crippen LogP contribution in [0.3, 0.4) is 0 Å². The summed E-state index contributed by atoms with van der Waals surface area (Å²) >= 11 is 0. The molecule has 6 heteroatoms. The first-order chi connectivity index (χ1) is 9.21. The van der Waals surface area contributed by atoms with Gasteiger partial charge in [0, 0.05) is 0 Å². The summed E-state index contributed by atoms with van der Waals surface area (Å²) in [6.45, 7) is -5.78. The predicted octanol–water partition coefficient (Wildman–Crippen LogP) is 0.0535. The Labute approximate surface area is 101 Å². The highest BCUT2D eigenvalue weighted by Crippen LogP contribution is 2.13. The van der Waals surface area contributed by atoms with Crippen molar-refractivity contribution in [1.29, 1.82) is 0 Å². The summed E-state index contributed by atoms with van der Waals surface area (Å²) in [5.74, 6) is 0. The first-order valence-electron chi connectivity index (χ1n) is 6.68. The minimum Gasteiger partial charge on any atom is -0.394 e. The van der Waals surface area contributed by atoms with Gasteiger partial charge in [0.05, 0.1) is 24.9 Å². The lowest BCUT2D eigenvalue weighted by Gasteiger charge is -2.08. The Morgan fingerprint density at radius 3 is 2.56 bits per heavy atom. The van der Waals surface area contributed by atoms with Crippen LogP contribution in [0.15, 0.2) is 29.2 Å². The molecule has 0 saturated carbocycles. The van der Waals surface area contributed by atoms with Gasteiger partial charge in [-0.3, -0.25) is 4.18 Å². The minimum absolute atomic E-state index is 0.439. The third-order valence-electron chi connectivity index (χ3n) is 1.66. The molecule has 1 atom stereocenters. The van der Waals surface area contributed by atoms with E-state index in [1.165, 1.54) is 12.1 Å². The Balaban J connectivity index is 3.16. The second kappa shape index (κ2) is 5.40. The highest BCUT2D eigenvalue weighted by atomic mass is 32.2. The minimum atomic E-state index is -4.71. The molecule has 0 amide bonds. The van der Waals surface area contributed by atoms with Crippen molar-refractivity contribution in [3.05, 3.63) is 29.8 Å². The van der Waals surface area contributed by atoms with Crippen LogP contribution in [0.4, 0.5) is 0 Å². The lowest BCUT2D eigenvalue weighted by molar-refractivity contribution is 0.0557. The molecule has 1 aromatic carbocycles. The summed E-state index contributed by atoms with van der Waals surface area (Å²) in [5, 5.41) is 18.4. The SMILES string of the molecule is [2H]C([2H])(O)[C@]([2H])(O)C([2H])([2H])OS(=O)(=O)c1ccc(C)cc1. The Morgan fingerprint density at radius 1 is 1.50 bits per heavy atom. The molecule has 5 nitrogen and oxygen atoms in total. The molecule has 90 valence electrons. The maximum atomic E-state index is 11.9. The normalized spacial score (nSPS) is 22.1. The van der Waals surface area contributed by atoms with E-state index in [0.717, 1.165) is 17.7 Å². The summed E-state index contributed by atoms with van der Waals surface area (Å²) in [7, 11) is -4.71. The van der Waals surface area contributed by atoms with Crippen molar-refractivity contribution < 1.29 is 29.7 Å². The molecule has 0 bridgehead atoms. The summed E-state index contributed by atoms with van der Waals surface area (Å²) in [6.07, 6.45) is -3.86. The average molecular weight is 251 g/mol. The molecule has 0 aromatic heterocycles. The van der Waals surface area contributed by atoms with Gasteiger partial charge in [0.1, 0.15) is 6.08 Å². The van der Waals surface area contributed by atoms with Gasteiger partial charge >= 0.3 is 0 Å². The third-order valence-corrected chi connectivity index (χ3v) is 2.82. The van der Waals surface area contributed by atoms with Crippen LogP contribution in [-0.4, -0.2) is 37.8 Å². The van der Waals surface area contributed by atoms with Gasteiger partial charge in [-0.25, -0.2) is 0 Å². The topological polar surface area (TPSA) is 83.8 Å². The number of aryl methyl sites for hydroxylation is 1. The van der Waals surface area contributed by atoms with Gasteiger partial charge in [0.25, 0.3) is 10.1 Å². The van der Waals surface area contributed by atoms with Crippen molar-refractivity contribution in [2.45, 2.75) is 17.9 Å². The van der Waals surface area contributed by atoms with E-state index in [0.29, 0.717) is 0 Å². The molecular weight excluding hydrogens is 232 g/mol. The molecule has 1 rings (SSSR count). The van der Waals surface area contributed by atoms with Crippen LogP contribution < -0.4 is 0 Å². The molecular formula is C10H14O5S. The predicted molar refractivity (Wildman–Crippen MR) is 57.4 cm³/mol. The van der Waals surface area contributed by atoms with Crippen LogP contribution >= 0.6 is 0 Å². The van der Waals surface area contributed by atoms with Crippen LogP contribution in [0, 0.1) is 6.92 Å². The summed E-state index contributed by atoms with van der Waals surface area (Å²) in [5.41, 5.74) is 0.737. The summed E-state index contributed by atoms with van der Waals surface area (Å²) in [6, 6.07) is 5.09. The molecule has 0 aliphatic heterocycles. The molecule has 2 N–H and O–H groups in total. The highest BCUT2D eigenvalue weighted by molar-refractivity contribution is 7.86. The Morgan fingerprint density at radius 2 is 2.06 bits per heavy atom. The van der Waals surface area contributed by atoms with Crippen LogP contribution in [-0.2, 0) is 14.3 Å². The first-order valence-corrected chi connectivity index (χ1v) is 5.59. The van der Waals surface area contributed by atoms with E-state index in [-0.39, 0.29) is 0 Å². The molecule has 0 unspecified atom stereocenters. The second-order valence-corrected chi connectivity index (χ2v) is 4.46. The van der Waals surface area contributed by atoms with Crippen LogP contribution in [0.2, 0.25) is 0 Å². The molecule has 0 aliphatic rings. The van der Waals surface area contributed by atoms with Gasteiger partial charge in [-0.1, -0.05) is 17.7 Å². The Hall–Kier alpha value is -0.950. The van der Waals surface area contributed by atoms with E-state index in [2.05, 4.69) is 4.18 Å². The van der Waals surface area contributed by atoms with E-state index in [1.54, 1.807) is 6.92 Å². The van der Waals surface area contributed by atoms with E-state index < -0.39 is 34.2 Å². The van der Waals surface area contributed by atoms with Gasteiger partial charge in [0.2, 0.25) is 0 Å². The van der Waals surface area contributed by atoms with Gasteiger partial charge in [0.15, 0.2) is 0 Å². The molecule has 16 heavy (non-hydrogen) atoms. The Bertz CT molecular complexity index is 606. The van der Waals surface area contributed by atoms with Crippen molar-refractivity contribution >= 4 is 10.1 Å². The number of aliphatic hydroxyl groups is 2. The average Bonchev–Trinajstić information content (AvgIpc) is 2.26. The highest BCUT2D eigenvalue weighted by Gasteiger charge is 2.16. The molecule has 0 aliphatic carbocycles. The molecule has 1 aromatic rings. The van der Waals surface area contributed by atoms with Gasteiger partial charge < -0.3 is 10.2 Å². The monoisotopic (exact) mass is 251 g/mol. The zero-order chi connectivity index (χ0) is 16.7. The van der Waals surface area contributed by atoms with Crippen molar-refractivity contribution in [2.24, 2.45) is 0 Å². The zero-order valence-corrected chi connectivity index (χ0v) is 9.15. The molecule has 0 saturated heterocycles. The fraction of sp³-hybridized carbons (Fsp3) is 0.400. The van der Waals surface area contributed by atoms with Gasteiger partial charge in [-0.2, -0.15) is 8.42 Å². The number of benzene rings is 1. The first kappa shape index (κ1) is 7.39. The van der Waals surface area contributed by atoms with E-state index >= 15 is 0 Å². The zero-order valence-electron chi connectivity index (χ0n) is 13.3. The van der Waals surface area contributed by atoms with Crippen LogP contribution in [0.5, 0.6) is 0 Å². The van der Waals surface area contributed by atoms with Crippen LogP contribution in [0.25, 0.3) is 0 Å². The summed E-state index contributed by atoms with van der Waals surface area (Å²) in [4.78, 5) is -0.439. The molecule has 0 spiro atoms. The van der Waals surface area contributed by atoms with Crippen molar-refractivity contribution in [1.82, 2.24) is 0 Å². The smallest absolute Gasteiger partial charge is 0.297 e. The largest absolute Gasteiger partial charge is 0.394 e. The quantitative estimate of drug-likeness (QED) is 0.723. The lowest BCUT2D eigenvalue weighted by Crippen LogP contribution is -2.22. The standard InChI is InChI=1S/C10H14O5S/c1-8-2-4-10(5-3-8)16(13,14)15-7-9(12)6-11/h2-5,9,11-12H,6-7H2,1H3/t9-/m0/s1/i6D2,7D2,9D. The number of hydrogen-bond acceptors (Lipinski definition) is 5. The van der Waals surface area contributed by atoms with Gasteiger partial charge in [-0.15, -0.1) is 0 Å². The van der Waals surface area contributed by atoms with E-state index in [1.807, 2.05) is 0 Å². The van der Waals surface area contributed by atoms with Crippen molar-refractivity contribution in [2.75, 3.05) is 13.1 Å². The van der Waals surface area contributed by atoms with Crippen LogP contribution in [0.1, 0.15) is 12.4 Å². The molecule has 0 heterocycles. The van der Waals surface area contributed by atoms with E-state index in [4.69, 9.17) is 12.0 Å².